The number of thiophene rings is 2. The van der Waals surface area contributed by atoms with Crippen LogP contribution in [0.1, 0.15) is 29.2 Å². The van der Waals surface area contributed by atoms with Crippen LogP contribution in [0.15, 0.2) is 48.5 Å². The van der Waals surface area contributed by atoms with Crippen LogP contribution in [-0.4, -0.2) is 0 Å². The largest absolute Gasteiger partial charge is 0.135 e. The Hall–Kier alpha value is -2.42. The molecule has 6 aromatic rings. The van der Waals surface area contributed by atoms with E-state index in [0.717, 1.165) is 6.42 Å². The second-order valence-corrected chi connectivity index (χ2v) is 10.3. The highest BCUT2D eigenvalue weighted by Crippen LogP contribution is 2.44. The van der Waals surface area contributed by atoms with Crippen molar-refractivity contribution >= 4 is 73.8 Å². The highest BCUT2D eigenvalue weighted by Gasteiger charge is 2.14. The van der Waals surface area contributed by atoms with Crippen molar-refractivity contribution in [2.24, 2.45) is 0 Å². The number of hydrogen-bond acceptors (Lipinski definition) is 2. The van der Waals surface area contributed by atoms with Gasteiger partial charge in [0.2, 0.25) is 0 Å². The van der Waals surface area contributed by atoms with Crippen LogP contribution in [-0.2, 0) is 6.42 Å². The van der Waals surface area contributed by atoms with Crippen molar-refractivity contribution in [3.05, 3.63) is 70.8 Å². The molecule has 0 N–H and O–H groups in total. The average molecular weight is 411 g/mol. The molecule has 0 atom stereocenters. The zero-order chi connectivity index (χ0) is 19.9. The third kappa shape index (κ3) is 2.36. The van der Waals surface area contributed by atoms with Crippen molar-refractivity contribution in [1.29, 1.82) is 0 Å². The van der Waals surface area contributed by atoms with Gasteiger partial charge in [-0.1, -0.05) is 31.2 Å². The van der Waals surface area contributed by atoms with Crippen LogP contribution in [0.5, 0.6) is 0 Å². The molecule has 6 rings (SSSR count). The second kappa shape index (κ2) is 6.04. The Morgan fingerprint density at radius 3 is 1.55 bits per heavy atom. The van der Waals surface area contributed by atoms with Gasteiger partial charge in [0.25, 0.3) is 0 Å². The van der Waals surface area contributed by atoms with Gasteiger partial charge in [-0.05, 0) is 73.7 Å². The Morgan fingerprint density at radius 2 is 1.00 bits per heavy atom. The van der Waals surface area contributed by atoms with Crippen LogP contribution in [0, 0.1) is 20.8 Å². The molecule has 142 valence electrons. The molecule has 0 aliphatic rings. The fourth-order valence-corrected chi connectivity index (χ4v) is 7.32. The minimum atomic E-state index is 1.09. The SMILES string of the molecule is CCc1cc2c(cc1C)sc1c2ccc2c1ccc1c3cc(C)c(C)cc3sc12. The zero-order valence-corrected chi connectivity index (χ0v) is 18.8. The lowest BCUT2D eigenvalue weighted by molar-refractivity contribution is 1.12. The summed E-state index contributed by atoms with van der Waals surface area (Å²) in [6.07, 6.45) is 1.09. The monoisotopic (exact) mass is 410 g/mol. The Bertz CT molecular complexity index is 1610. The third-order valence-electron chi connectivity index (χ3n) is 6.52. The molecule has 0 radical (unpaired) electrons. The molecular weight excluding hydrogens is 388 g/mol. The molecule has 0 fully saturated rings. The molecule has 29 heavy (non-hydrogen) atoms. The van der Waals surface area contributed by atoms with E-state index < -0.39 is 0 Å². The smallest absolute Gasteiger partial charge is 0.0434 e. The molecule has 0 aliphatic carbocycles. The van der Waals surface area contributed by atoms with Gasteiger partial charge in [-0.3, -0.25) is 0 Å². The fraction of sp³-hybridized carbons (Fsp3) is 0.185. The molecule has 0 unspecified atom stereocenters. The lowest BCUT2D eigenvalue weighted by Gasteiger charge is -2.04. The first-order chi connectivity index (χ1) is 14.0. The molecule has 2 aromatic heterocycles. The highest BCUT2D eigenvalue weighted by atomic mass is 32.1. The third-order valence-corrected chi connectivity index (χ3v) is 8.92. The van der Waals surface area contributed by atoms with Crippen molar-refractivity contribution in [2.75, 3.05) is 0 Å². The standard InChI is InChI=1S/C27H22S2/c1-5-17-13-23-21-9-7-18-19(27(21)29-25(23)12-16(17)4)6-8-20-22-10-14(2)15(3)11-24(22)28-26(18)20/h6-13H,5H2,1-4H3. The van der Waals surface area contributed by atoms with Gasteiger partial charge < -0.3 is 0 Å². The Balaban J connectivity index is 1.75. The Kier molecular flexibility index (Phi) is 3.63. The molecule has 0 aliphatic heterocycles. The summed E-state index contributed by atoms with van der Waals surface area (Å²) in [7, 11) is 0. The van der Waals surface area contributed by atoms with Crippen molar-refractivity contribution < 1.29 is 0 Å². The van der Waals surface area contributed by atoms with E-state index in [2.05, 4.69) is 76.2 Å². The van der Waals surface area contributed by atoms with E-state index >= 15 is 0 Å². The van der Waals surface area contributed by atoms with Gasteiger partial charge in [0.1, 0.15) is 0 Å². The van der Waals surface area contributed by atoms with Crippen LogP contribution in [0.2, 0.25) is 0 Å². The predicted octanol–water partition coefficient (Wildman–Crippen LogP) is 9.06. The van der Waals surface area contributed by atoms with E-state index in [1.807, 2.05) is 22.7 Å². The van der Waals surface area contributed by atoms with E-state index in [1.54, 1.807) is 0 Å². The molecule has 0 saturated carbocycles. The van der Waals surface area contributed by atoms with Gasteiger partial charge >= 0.3 is 0 Å². The van der Waals surface area contributed by atoms with E-state index in [4.69, 9.17) is 0 Å². The normalized spacial score (nSPS) is 12.3. The molecule has 0 amide bonds. The van der Waals surface area contributed by atoms with E-state index in [0.29, 0.717) is 0 Å². The molecule has 2 heterocycles. The quantitative estimate of drug-likeness (QED) is 0.253. The summed E-state index contributed by atoms with van der Waals surface area (Å²) in [4.78, 5) is 0. The topological polar surface area (TPSA) is 0 Å². The molecule has 0 saturated heterocycles. The highest BCUT2D eigenvalue weighted by molar-refractivity contribution is 7.28. The van der Waals surface area contributed by atoms with Crippen LogP contribution < -0.4 is 0 Å². The van der Waals surface area contributed by atoms with Gasteiger partial charge in [-0.25, -0.2) is 0 Å². The summed E-state index contributed by atoms with van der Waals surface area (Å²) < 4.78 is 5.66. The Labute approximate surface area is 178 Å². The number of hydrogen-bond donors (Lipinski definition) is 0. The van der Waals surface area contributed by atoms with Gasteiger partial charge in [0, 0.05) is 51.1 Å². The molecule has 0 bridgehead atoms. The van der Waals surface area contributed by atoms with E-state index in [9.17, 15) is 0 Å². The number of fused-ring (bicyclic) bond motifs is 9. The van der Waals surface area contributed by atoms with Crippen molar-refractivity contribution in [3.8, 4) is 0 Å². The van der Waals surface area contributed by atoms with Gasteiger partial charge in [-0.2, -0.15) is 0 Å². The Morgan fingerprint density at radius 1 is 0.552 bits per heavy atom. The summed E-state index contributed by atoms with van der Waals surface area (Å²) in [5, 5.41) is 8.40. The van der Waals surface area contributed by atoms with E-state index in [1.165, 1.54) is 73.4 Å². The summed E-state index contributed by atoms with van der Waals surface area (Å²) in [6, 6.07) is 18.9. The maximum atomic E-state index is 2.42. The maximum absolute atomic E-state index is 2.42. The number of aryl methyl sites for hydroxylation is 4. The van der Waals surface area contributed by atoms with Crippen molar-refractivity contribution in [1.82, 2.24) is 0 Å². The number of benzene rings is 4. The predicted molar refractivity (Wildman–Crippen MR) is 133 cm³/mol. The minimum absolute atomic E-state index is 1.09. The minimum Gasteiger partial charge on any atom is -0.135 e. The van der Waals surface area contributed by atoms with Crippen LogP contribution in [0.25, 0.3) is 51.1 Å². The van der Waals surface area contributed by atoms with Gasteiger partial charge in [-0.15, -0.1) is 22.7 Å². The fourth-order valence-electron chi connectivity index (χ4n) is 4.70. The summed E-state index contributed by atoms with van der Waals surface area (Å²) in [6.45, 7) is 8.92. The first kappa shape index (κ1) is 17.4. The lowest BCUT2D eigenvalue weighted by Crippen LogP contribution is -1.84. The first-order valence-electron chi connectivity index (χ1n) is 10.3. The van der Waals surface area contributed by atoms with Crippen LogP contribution in [0.4, 0.5) is 0 Å². The van der Waals surface area contributed by atoms with Crippen molar-refractivity contribution in [3.63, 3.8) is 0 Å². The van der Waals surface area contributed by atoms with E-state index in [-0.39, 0.29) is 0 Å². The summed E-state index contributed by atoms with van der Waals surface area (Å²) in [5.74, 6) is 0. The van der Waals surface area contributed by atoms with Gasteiger partial charge in [0.05, 0.1) is 0 Å². The average Bonchev–Trinajstić information content (AvgIpc) is 3.25. The summed E-state index contributed by atoms with van der Waals surface area (Å²) >= 11 is 3.89. The molecule has 0 nitrogen and oxygen atoms in total. The second-order valence-electron chi connectivity index (χ2n) is 8.24. The molecule has 0 spiro atoms. The van der Waals surface area contributed by atoms with Crippen LogP contribution in [0.3, 0.4) is 0 Å². The summed E-state index contributed by atoms with van der Waals surface area (Å²) in [5.41, 5.74) is 5.62. The molecule has 4 aromatic carbocycles. The number of rotatable bonds is 1. The first-order valence-corrected chi connectivity index (χ1v) is 11.9. The van der Waals surface area contributed by atoms with Crippen LogP contribution >= 0.6 is 22.7 Å². The lowest BCUT2D eigenvalue weighted by atomic mass is 10.00. The molecule has 2 heteroatoms. The zero-order valence-electron chi connectivity index (χ0n) is 17.1. The molecular formula is C27H22S2. The maximum Gasteiger partial charge on any atom is 0.0434 e. The van der Waals surface area contributed by atoms with Crippen molar-refractivity contribution in [2.45, 2.75) is 34.1 Å². The van der Waals surface area contributed by atoms with Gasteiger partial charge in [0.15, 0.2) is 0 Å².